The highest BCUT2D eigenvalue weighted by Crippen LogP contribution is 2.38. The molecule has 0 radical (unpaired) electrons. The Morgan fingerprint density at radius 2 is 2.07 bits per heavy atom. The number of pyridine rings is 1. The van der Waals surface area contributed by atoms with E-state index in [2.05, 4.69) is 60.3 Å². The Bertz CT molecular complexity index is 753. The lowest BCUT2D eigenvalue weighted by atomic mass is 9.70. The summed E-state index contributed by atoms with van der Waals surface area (Å²) in [5, 5.41) is 12.1. The molecular formula is C23H34N4O. The SMILES string of the molecule is CCCc1nnc(C[C@@H]2C[C@@H](C(C)C)[C@H](CNCc3cccnc3)C=C2C)o1. The highest BCUT2D eigenvalue weighted by molar-refractivity contribution is 5.14. The average Bonchev–Trinajstić information content (AvgIpc) is 3.12. The molecule has 152 valence electrons. The van der Waals surface area contributed by atoms with Crippen molar-refractivity contribution in [2.75, 3.05) is 6.54 Å². The van der Waals surface area contributed by atoms with Crippen molar-refractivity contribution in [2.24, 2.45) is 23.7 Å². The number of allylic oxidation sites excluding steroid dienone is 1. The first-order valence-electron chi connectivity index (χ1n) is 10.7. The van der Waals surface area contributed by atoms with Crippen LogP contribution < -0.4 is 5.32 Å². The van der Waals surface area contributed by atoms with Crippen molar-refractivity contribution in [3.63, 3.8) is 0 Å². The number of aryl methyl sites for hydroxylation is 1. The fourth-order valence-electron chi connectivity index (χ4n) is 4.29. The van der Waals surface area contributed by atoms with Gasteiger partial charge < -0.3 is 9.73 Å². The predicted molar refractivity (Wildman–Crippen MR) is 112 cm³/mol. The molecule has 1 aliphatic rings. The van der Waals surface area contributed by atoms with Gasteiger partial charge in [0.25, 0.3) is 0 Å². The third-order valence-electron chi connectivity index (χ3n) is 5.91. The van der Waals surface area contributed by atoms with E-state index in [1.54, 1.807) is 0 Å². The number of nitrogens with one attached hydrogen (secondary N) is 1. The third-order valence-corrected chi connectivity index (χ3v) is 5.91. The second kappa shape index (κ2) is 9.97. The van der Waals surface area contributed by atoms with Crippen LogP contribution in [0.25, 0.3) is 0 Å². The van der Waals surface area contributed by atoms with Gasteiger partial charge in [-0.2, -0.15) is 0 Å². The van der Waals surface area contributed by atoms with Crippen molar-refractivity contribution < 1.29 is 4.42 Å². The Labute approximate surface area is 169 Å². The fourth-order valence-corrected chi connectivity index (χ4v) is 4.29. The Balaban J connectivity index is 1.61. The zero-order valence-electron chi connectivity index (χ0n) is 17.7. The van der Waals surface area contributed by atoms with Crippen LogP contribution in [-0.2, 0) is 19.4 Å². The first kappa shape index (κ1) is 20.7. The Morgan fingerprint density at radius 1 is 1.25 bits per heavy atom. The van der Waals surface area contributed by atoms with E-state index in [0.29, 0.717) is 23.7 Å². The number of nitrogens with zero attached hydrogens (tertiary/aromatic N) is 3. The van der Waals surface area contributed by atoms with Crippen LogP contribution in [0, 0.1) is 23.7 Å². The van der Waals surface area contributed by atoms with Gasteiger partial charge in [0.15, 0.2) is 0 Å². The molecular weight excluding hydrogens is 348 g/mol. The Hall–Kier alpha value is -2.01. The average molecular weight is 383 g/mol. The minimum absolute atomic E-state index is 0.497. The quantitative estimate of drug-likeness (QED) is 0.642. The summed E-state index contributed by atoms with van der Waals surface area (Å²) in [6.07, 6.45) is 10.2. The lowest BCUT2D eigenvalue weighted by molar-refractivity contribution is 0.217. The number of aromatic nitrogens is 3. The summed E-state index contributed by atoms with van der Waals surface area (Å²) in [5.41, 5.74) is 2.69. The van der Waals surface area contributed by atoms with Crippen LogP contribution in [0.3, 0.4) is 0 Å². The Morgan fingerprint density at radius 3 is 2.79 bits per heavy atom. The van der Waals surface area contributed by atoms with E-state index < -0.39 is 0 Å². The second-order valence-electron chi connectivity index (χ2n) is 8.45. The highest BCUT2D eigenvalue weighted by Gasteiger charge is 2.32. The van der Waals surface area contributed by atoms with E-state index in [-0.39, 0.29) is 0 Å². The smallest absolute Gasteiger partial charge is 0.217 e. The van der Waals surface area contributed by atoms with Gasteiger partial charge >= 0.3 is 0 Å². The van der Waals surface area contributed by atoms with Crippen LogP contribution in [0.15, 0.2) is 40.6 Å². The van der Waals surface area contributed by atoms with Crippen molar-refractivity contribution in [3.05, 3.63) is 53.5 Å². The predicted octanol–water partition coefficient (Wildman–Crippen LogP) is 4.60. The van der Waals surface area contributed by atoms with Crippen LogP contribution in [0.2, 0.25) is 0 Å². The normalized spacial score (nSPS) is 22.5. The van der Waals surface area contributed by atoms with Crippen molar-refractivity contribution >= 4 is 0 Å². The Kier molecular flexibility index (Phi) is 7.37. The first-order valence-corrected chi connectivity index (χ1v) is 10.7. The van der Waals surface area contributed by atoms with Crippen molar-refractivity contribution in [2.45, 2.75) is 59.9 Å². The minimum Gasteiger partial charge on any atom is -0.425 e. The minimum atomic E-state index is 0.497. The monoisotopic (exact) mass is 382 g/mol. The highest BCUT2D eigenvalue weighted by atomic mass is 16.4. The summed E-state index contributed by atoms with van der Waals surface area (Å²) < 4.78 is 5.84. The van der Waals surface area contributed by atoms with Crippen molar-refractivity contribution in [1.82, 2.24) is 20.5 Å². The molecule has 0 bridgehead atoms. The second-order valence-corrected chi connectivity index (χ2v) is 8.45. The number of hydrogen-bond acceptors (Lipinski definition) is 5. The summed E-state index contributed by atoms with van der Waals surface area (Å²) in [4.78, 5) is 4.20. The van der Waals surface area contributed by atoms with Gasteiger partial charge in [0.2, 0.25) is 11.8 Å². The summed E-state index contributed by atoms with van der Waals surface area (Å²) in [7, 11) is 0. The molecule has 2 aromatic rings. The molecule has 1 N–H and O–H groups in total. The molecule has 2 aromatic heterocycles. The number of rotatable bonds is 9. The van der Waals surface area contributed by atoms with Gasteiger partial charge in [0.05, 0.1) is 0 Å². The molecule has 3 rings (SSSR count). The zero-order chi connectivity index (χ0) is 19.9. The molecule has 0 amide bonds. The molecule has 0 aromatic carbocycles. The molecule has 0 fully saturated rings. The van der Waals surface area contributed by atoms with E-state index in [1.807, 2.05) is 18.5 Å². The van der Waals surface area contributed by atoms with Crippen LogP contribution in [0.1, 0.15) is 57.9 Å². The fraction of sp³-hybridized carbons (Fsp3) is 0.609. The number of hydrogen-bond donors (Lipinski definition) is 1. The lowest BCUT2D eigenvalue weighted by Gasteiger charge is -2.37. The molecule has 0 aliphatic heterocycles. The molecule has 0 spiro atoms. The van der Waals surface area contributed by atoms with E-state index >= 15 is 0 Å². The van der Waals surface area contributed by atoms with E-state index in [1.165, 1.54) is 17.6 Å². The topological polar surface area (TPSA) is 63.8 Å². The standard InChI is InChI=1S/C23H34N4O/c1-5-7-22-26-27-23(28-22)12-19-11-21(16(2)3)20(10-17(19)4)15-25-14-18-8-6-9-24-13-18/h6,8-10,13,16,19-21,25H,5,7,11-12,14-15H2,1-4H3/t19-,20-,21-/m0/s1. The van der Waals surface area contributed by atoms with Gasteiger partial charge in [-0.1, -0.05) is 38.5 Å². The van der Waals surface area contributed by atoms with Crippen LogP contribution in [0.4, 0.5) is 0 Å². The summed E-state index contributed by atoms with van der Waals surface area (Å²) in [6, 6.07) is 4.11. The summed E-state index contributed by atoms with van der Waals surface area (Å²) in [5.74, 6) is 3.93. The summed E-state index contributed by atoms with van der Waals surface area (Å²) in [6.45, 7) is 11.0. The maximum Gasteiger partial charge on any atom is 0.217 e. The molecule has 5 heteroatoms. The van der Waals surface area contributed by atoms with Gasteiger partial charge in [-0.25, -0.2) is 0 Å². The van der Waals surface area contributed by atoms with Crippen molar-refractivity contribution in [1.29, 1.82) is 0 Å². The van der Waals surface area contributed by atoms with Crippen LogP contribution in [0.5, 0.6) is 0 Å². The third kappa shape index (κ3) is 5.51. The lowest BCUT2D eigenvalue weighted by Crippen LogP contribution is -2.34. The van der Waals surface area contributed by atoms with Crippen molar-refractivity contribution in [3.8, 4) is 0 Å². The molecule has 0 unspecified atom stereocenters. The maximum atomic E-state index is 5.84. The van der Waals surface area contributed by atoms with Gasteiger partial charge in [0, 0.05) is 38.3 Å². The molecule has 1 aliphatic carbocycles. The summed E-state index contributed by atoms with van der Waals surface area (Å²) >= 11 is 0. The molecule has 5 nitrogen and oxygen atoms in total. The van der Waals surface area contributed by atoms with E-state index in [0.717, 1.165) is 44.1 Å². The molecule has 0 saturated carbocycles. The van der Waals surface area contributed by atoms with Crippen LogP contribution in [-0.4, -0.2) is 21.7 Å². The van der Waals surface area contributed by atoms with Gasteiger partial charge in [0.1, 0.15) is 0 Å². The van der Waals surface area contributed by atoms with Gasteiger partial charge in [-0.15, -0.1) is 10.2 Å². The molecule has 3 atom stereocenters. The molecule has 0 saturated heterocycles. The largest absolute Gasteiger partial charge is 0.425 e. The molecule has 28 heavy (non-hydrogen) atoms. The van der Waals surface area contributed by atoms with Gasteiger partial charge in [-0.3, -0.25) is 4.98 Å². The first-order chi connectivity index (χ1) is 13.6. The zero-order valence-corrected chi connectivity index (χ0v) is 17.7. The van der Waals surface area contributed by atoms with E-state index in [9.17, 15) is 0 Å². The molecule has 2 heterocycles. The van der Waals surface area contributed by atoms with E-state index in [4.69, 9.17) is 4.42 Å². The maximum absolute atomic E-state index is 5.84. The van der Waals surface area contributed by atoms with Crippen LogP contribution >= 0.6 is 0 Å². The van der Waals surface area contributed by atoms with Gasteiger partial charge in [-0.05, 0) is 55.1 Å².